The zero-order valence-electron chi connectivity index (χ0n) is 10.5. The van der Waals surface area contributed by atoms with Gasteiger partial charge in [0.25, 0.3) is 0 Å². The van der Waals surface area contributed by atoms with Crippen LogP contribution in [0, 0.1) is 0 Å². The van der Waals surface area contributed by atoms with Gasteiger partial charge in [0.05, 0.1) is 0 Å². The van der Waals surface area contributed by atoms with Gasteiger partial charge in [-0.1, -0.05) is 12.1 Å². The number of benzene rings is 1. The largest absolute Gasteiger partial charge is 0.481 e. The third kappa shape index (κ3) is 3.54. The van der Waals surface area contributed by atoms with Gasteiger partial charge < -0.3 is 5.11 Å². The van der Waals surface area contributed by atoms with Crippen LogP contribution in [0.2, 0.25) is 0 Å². The summed E-state index contributed by atoms with van der Waals surface area (Å²) in [4.78, 5) is 11.7. The van der Waals surface area contributed by atoms with Crippen molar-refractivity contribution in [3.8, 4) is 11.4 Å². The molecule has 1 heterocycles. The lowest BCUT2D eigenvalue weighted by Crippen LogP contribution is -2.05. The van der Waals surface area contributed by atoms with Gasteiger partial charge in [-0.25, -0.2) is 4.68 Å². The van der Waals surface area contributed by atoms with E-state index in [9.17, 15) is 4.79 Å². The van der Waals surface area contributed by atoms with Crippen LogP contribution in [-0.4, -0.2) is 37.5 Å². The van der Waals surface area contributed by atoms with E-state index in [0.29, 0.717) is 18.8 Å². The Morgan fingerprint density at radius 1 is 1.37 bits per heavy atom. The molecule has 0 aliphatic heterocycles. The van der Waals surface area contributed by atoms with Crippen LogP contribution in [0.3, 0.4) is 0 Å². The van der Waals surface area contributed by atoms with Crippen LogP contribution in [0.25, 0.3) is 11.4 Å². The number of aromatic nitrogens is 4. The van der Waals surface area contributed by atoms with Crippen molar-refractivity contribution < 1.29 is 9.90 Å². The Kier molecular flexibility index (Phi) is 4.51. The molecule has 7 heteroatoms. The van der Waals surface area contributed by atoms with Crippen LogP contribution in [0.15, 0.2) is 29.2 Å². The molecule has 0 amide bonds. The van der Waals surface area contributed by atoms with Crippen LogP contribution >= 0.6 is 11.8 Å². The average molecular weight is 278 g/mol. The molecule has 1 aromatic heterocycles. The minimum Gasteiger partial charge on any atom is -0.481 e. The fourth-order valence-corrected chi connectivity index (χ4v) is 2.09. The van der Waals surface area contributed by atoms with Gasteiger partial charge in [-0.2, -0.15) is 0 Å². The van der Waals surface area contributed by atoms with Crippen molar-refractivity contribution in [2.75, 3.05) is 6.26 Å². The van der Waals surface area contributed by atoms with E-state index in [1.165, 1.54) is 4.90 Å². The van der Waals surface area contributed by atoms with Gasteiger partial charge in [0, 0.05) is 23.4 Å². The molecule has 1 N–H and O–H groups in total. The van der Waals surface area contributed by atoms with Crippen LogP contribution < -0.4 is 0 Å². The lowest BCUT2D eigenvalue weighted by atomic mass is 10.2. The Balaban J connectivity index is 2.11. The van der Waals surface area contributed by atoms with Gasteiger partial charge in [-0.05, 0) is 35.2 Å². The Morgan fingerprint density at radius 3 is 2.74 bits per heavy atom. The zero-order chi connectivity index (χ0) is 13.7. The lowest BCUT2D eigenvalue weighted by Gasteiger charge is -2.04. The van der Waals surface area contributed by atoms with E-state index in [2.05, 4.69) is 15.5 Å². The zero-order valence-corrected chi connectivity index (χ0v) is 11.3. The first-order valence-electron chi connectivity index (χ1n) is 5.83. The number of thioether (sulfide) groups is 1. The van der Waals surface area contributed by atoms with Crippen LogP contribution in [0.5, 0.6) is 0 Å². The van der Waals surface area contributed by atoms with Gasteiger partial charge in [0.15, 0.2) is 5.82 Å². The number of tetrazole rings is 1. The summed E-state index contributed by atoms with van der Waals surface area (Å²) >= 11 is 1.67. The minimum atomic E-state index is -0.807. The first-order valence-corrected chi connectivity index (χ1v) is 7.05. The minimum absolute atomic E-state index is 0.116. The van der Waals surface area contributed by atoms with Gasteiger partial charge in [-0.3, -0.25) is 4.79 Å². The first-order chi connectivity index (χ1) is 9.20. The number of aliphatic carboxylic acids is 1. The van der Waals surface area contributed by atoms with Crippen molar-refractivity contribution in [1.82, 2.24) is 20.2 Å². The van der Waals surface area contributed by atoms with E-state index in [1.807, 2.05) is 30.5 Å². The molecule has 0 spiro atoms. The highest BCUT2D eigenvalue weighted by Crippen LogP contribution is 2.21. The van der Waals surface area contributed by atoms with Crippen molar-refractivity contribution in [3.05, 3.63) is 24.3 Å². The van der Waals surface area contributed by atoms with Crippen LogP contribution in [-0.2, 0) is 11.3 Å². The highest BCUT2D eigenvalue weighted by Gasteiger charge is 2.09. The number of hydrogen-bond acceptors (Lipinski definition) is 5. The number of carboxylic acids is 1. The Labute approximate surface area is 114 Å². The SMILES string of the molecule is CSc1ccc(-c2nnnn2CCCC(=O)O)cc1. The third-order valence-corrected chi connectivity index (χ3v) is 3.38. The molecule has 0 aliphatic carbocycles. The van der Waals surface area contributed by atoms with E-state index in [4.69, 9.17) is 5.11 Å². The molecule has 0 aliphatic rings. The number of carboxylic acid groups (broad SMARTS) is 1. The van der Waals surface area contributed by atoms with Crippen LogP contribution in [0.1, 0.15) is 12.8 Å². The second-order valence-corrected chi connectivity index (χ2v) is 4.83. The summed E-state index contributed by atoms with van der Waals surface area (Å²) in [7, 11) is 0. The van der Waals surface area contributed by atoms with Crippen LogP contribution in [0.4, 0.5) is 0 Å². The second-order valence-electron chi connectivity index (χ2n) is 3.95. The molecule has 0 saturated carbocycles. The van der Waals surface area contributed by atoms with E-state index >= 15 is 0 Å². The molecule has 0 fully saturated rings. The number of nitrogens with zero attached hydrogens (tertiary/aromatic N) is 4. The van der Waals surface area contributed by atoms with Crippen molar-refractivity contribution in [3.63, 3.8) is 0 Å². The summed E-state index contributed by atoms with van der Waals surface area (Å²) in [6.45, 7) is 0.499. The molecule has 1 aromatic carbocycles. The average Bonchev–Trinajstić information content (AvgIpc) is 2.87. The molecule has 19 heavy (non-hydrogen) atoms. The number of carbonyl (C=O) groups is 1. The van der Waals surface area contributed by atoms with Crippen molar-refractivity contribution in [2.24, 2.45) is 0 Å². The lowest BCUT2D eigenvalue weighted by molar-refractivity contribution is -0.137. The Bertz CT molecular complexity index is 553. The normalized spacial score (nSPS) is 10.6. The quantitative estimate of drug-likeness (QED) is 0.813. The van der Waals surface area contributed by atoms with Crippen molar-refractivity contribution in [2.45, 2.75) is 24.3 Å². The summed E-state index contributed by atoms with van der Waals surface area (Å²) in [6.07, 6.45) is 2.64. The molecule has 2 rings (SSSR count). The Hall–Kier alpha value is -1.89. The number of hydrogen-bond donors (Lipinski definition) is 1. The summed E-state index contributed by atoms with van der Waals surface area (Å²) < 4.78 is 1.64. The first kappa shape index (κ1) is 13.5. The molecule has 0 atom stereocenters. The molecular weight excluding hydrogens is 264 g/mol. The smallest absolute Gasteiger partial charge is 0.303 e. The highest BCUT2D eigenvalue weighted by atomic mass is 32.2. The van der Waals surface area contributed by atoms with Gasteiger partial charge in [-0.15, -0.1) is 16.9 Å². The maximum Gasteiger partial charge on any atom is 0.303 e. The molecular formula is C12H14N4O2S. The fraction of sp³-hybridized carbons (Fsp3) is 0.333. The van der Waals surface area contributed by atoms with Gasteiger partial charge in [0.2, 0.25) is 0 Å². The third-order valence-electron chi connectivity index (χ3n) is 2.64. The highest BCUT2D eigenvalue weighted by molar-refractivity contribution is 7.98. The molecule has 0 unspecified atom stereocenters. The molecule has 6 nitrogen and oxygen atoms in total. The van der Waals surface area contributed by atoms with Gasteiger partial charge in [0.1, 0.15) is 0 Å². The van der Waals surface area contributed by atoms with Crippen molar-refractivity contribution >= 4 is 17.7 Å². The molecule has 0 bridgehead atoms. The maximum atomic E-state index is 10.5. The summed E-state index contributed by atoms with van der Waals surface area (Å²) in [5.74, 6) is -0.142. The van der Waals surface area contributed by atoms with Gasteiger partial charge >= 0.3 is 5.97 Å². The Morgan fingerprint density at radius 2 is 2.11 bits per heavy atom. The topological polar surface area (TPSA) is 80.9 Å². The van der Waals surface area contributed by atoms with E-state index in [1.54, 1.807) is 16.4 Å². The molecule has 2 aromatic rings. The summed E-state index contributed by atoms with van der Waals surface area (Å²) in [5, 5.41) is 20.1. The van der Waals surface area contributed by atoms with E-state index in [0.717, 1.165) is 5.56 Å². The molecule has 0 saturated heterocycles. The predicted octanol–water partition coefficient (Wildman–Crippen LogP) is 1.93. The second kappa shape index (κ2) is 6.33. The van der Waals surface area contributed by atoms with E-state index in [-0.39, 0.29) is 6.42 Å². The predicted molar refractivity (Wildman–Crippen MR) is 71.9 cm³/mol. The molecule has 100 valence electrons. The fourth-order valence-electron chi connectivity index (χ4n) is 1.68. The standard InChI is InChI=1S/C12H14N4O2S/c1-19-10-6-4-9(5-7-10)12-13-14-15-16(12)8-2-3-11(17)18/h4-7H,2-3,8H2,1H3,(H,17,18). The van der Waals surface area contributed by atoms with Crippen molar-refractivity contribution in [1.29, 1.82) is 0 Å². The van der Waals surface area contributed by atoms with E-state index < -0.39 is 5.97 Å². The number of rotatable bonds is 6. The monoisotopic (exact) mass is 278 g/mol. The molecule has 0 radical (unpaired) electrons. The maximum absolute atomic E-state index is 10.5. The number of aryl methyl sites for hydroxylation is 1. The summed E-state index contributed by atoms with van der Waals surface area (Å²) in [5.41, 5.74) is 0.929. The summed E-state index contributed by atoms with van der Waals surface area (Å²) in [6, 6.07) is 7.95.